The van der Waals surface area contributed by atoms with Crippen LogP contribution < -0.4 is 9.47 Å². The van der Waals surface area contributed by atoms with Crippen LogP contribution in [0, 0.1) is 0 Å². The van der Waals surface area contributed by atoms with Gasteiger partial charge in [0.1, 0.15) is 18.1 Å². The van der Waals surface area contributed by atoms with E-state index in [0.717, 1.165) is 5.56 Å². The minimum Gasteiger partial charge on any atom is -0.504 e. The Bertz CT molecular complexity index is 666. The highest BCUT2D eigenvalue weighted by Gasteiger charge is 2.02. The largest absolute Gasteiger partial charge is 0.504 e. The predicted octanol–water partition coefficient (Wildman–Crippen LogP) is 3.32. The van der Waals surface area contributed by atoms with E-state index in [9.17, 15) is 5.11 Å². The molecule has 2 aromatic carbocycles. The number of hydrogen-bond donors (Lipinski definition) is 2. The molecule has 0 bridgehead atoms. The van der Waals surface area contributed by atoms with Crippen molar-refractivity contribution in [3.8, 4) is 17.2 Å². The molecule has 114 valence electrons. The Morgan fingerprint density at radius 3 is 2.64 bits per heavy atom. The molecule has 0 radical (unpaired) electrons. The zero-order valence-corrected chi connectivity index (χ0v) is 12.1. The van der Waals surface area contributed by atoms with Crippen LogP contribution in [0.25, 0.3) is 6.08 Å². The maximum atomic E-state index is 9.54. The smallest absolute Gasteiger partial charge is 0.161 e. The Kier molecular flexibility index (Phi) is 5.43. The molecule has 0 aliphatic rings. The van der Waals surface area contributed by atoms with Crippen LogP contribution in [0.3, 0.4) is 0 Å². The van der Waals surface area contributed by atoms with Gasteiger partial charge in [0.2, 0.25) is 0 Å². The highest BCUT2D eigenvalue weighted by Crippen LogP contribution is 2.26. The van der Waals surface area contributed by atoms with Crippen molar-refractivity contribution >= 4 is 11.8 Å². The number of phenolic OH excluding ortho intramolecular Hbond substituents is 1. The summed E-state index contributed by atoms with van der Waals surface area (Å²) >= 11 is 0. The third kappa shape index (κ3) is 4.28. The Labute approximate surface area is 128 Å². The predicted molar refractivity (Wildman–Crippen MR) is 84.9 cm³/mol. The number of ether oxygens (including phenoxy) is 2. The summed E-state index contributed by atoms with van der Waals surface area (Å²) in [7, 11) is 1.48. The summed E-state index contributed by atoms with van der Waals surface area (Å²) in [6, 6.07) is 14.2. The van der Waals surface area contributed by atoms with Crippen molar-refractivity contribution < 1.29 is 19.8 Å². The molecule has 0 fully saturated rings. The fourth-order valence-electron chi connectivity index (χ4n) is 1.77. The second-order valence-corrected chi connectivity index (χ2v) is 4.46. The maximum Gasteiger partial charge on any atom is 0.161 e. The summed E-state index contributed by atoms with van der Waals surface area (Å²) in [6.07, 6.45) is 3.38. The lowest BCUT2D eigenvalue weighted by Crippen LogP contribution is -2.08. The van der Waals surface area contributed by atoms with Gasteiger partial charge >= 0.3 is 0 Å². The molecule has 0 amide bonds. The Hall–Kier alpha value is -2.95. The number of hydrogen-bond acceptors (Lipinski definition) is 5. The lowest BCUT2D eigenvalue weighted by molar-refractivity contribution is 0.308. The molecule has 0 aromatic heterocycles. The Morgan fingerprint density at radius 2 is 1.95 bits per heavy atom. The standard InChI is InChI=1S/C17H17NO4/c1-21-17-11-13(8-10-16(17)19)7-9-14(18-20)12-22-15-5-3-2-4-6-15/h2-11,19-20H,12H2,1H3/b9-7+,18-14?. The van der Waals surface area contributed by atoms with E-state index in [4.69, 9.17) is 14.7 Å². The summed E-state index contributed by atoms with van der Waals surface area (Å²) < 4.78 is 10.5. The van der Waals surface area contributed by atoms with Gasteiger partial charge in [-0.1, -0.05) is 35.5 Å². The first-order chi connectivity index (χ1) is 10.7. The highest BCUT2D eigenvalue weighted by molar-refractivity contribution is 5.99. The number of nitrogens with zero attached hydrogens (tertiary/aromatic N) is 1. The number of benzene rings is 2. The molecule has 0 atom stereocenters. The molecule has 5 heteroatoms. The summed E-state index contributed by atoms with van der Waals surface area (Å²) in [6.45, 7) is 0.145. The van der Waals surface area contributed by atoms with Crippen molar-refractivity contribution in [2.24, 2.45) is 5.16 Å². The van der Waals surface area contributed by atoms with Crippen molar-refractivity contribution in [3.63, 3.8) is 0 Å². The number of para-hydroxylation sites is 1. The first-order valence-corrected chi connectivity index (χ1v) is 6.67. The van der Waals surface area contributed by atoms with Gasteiger partial charge in [0.05, 0.1) is 7.11 Å². The molecular formula is C17H17NO4. The van der Waals surface area contributed by atoms with Crippen molar-refractivity contribution in [2.45, 2.75) is 0 Å². The van der Waals surface area contributed by atoms with Gasteiger partial charge in [-0.05, 0) is 35.9 Å². The maximum absolute atomic E-state index is 9.54. The van der Waals surface area contributed by atoms with Crippen LogP contribution in [-0.4, -0.2) is 29.7 Å². The summed E-state index contributed by atoms with van der Waals surface area (Å²) in [5.74, 6) is 1.15. The third-order valence-corrected chi connectivity index (χ3v) is 2.93. The van der Waals surface area contributed by atoms with Gasteiger partial charge in [0.15, 0.2) is 11.5 Å². The van der Waals surface area contributed by atoms with Crippen LogP contribution in [0.2, 0.25) is 0 Å². The summed E-state index contributed by atoms with van der Waals surface area (Å²) in [5, 5.41) is 21.8. The van der Waals surface area contributed by atoms with Gasteiger partial charge in [-0.15, -0.1) is 0 Å². The molecule has 0 saturated heterocycles. The number of phenols is 1. The van der Waals surface area contributed by atoms with Crippen LogP contribution in [-0.2, 0) is 0 Å². The fraction of sp³-hybridized carbons (Fsp3) is 0.118. The Balaban J connectivity index is 2.01. The second-order valence-electron chi connectivity index (χ2n) is 4.46. The van der Waals surface area contributed by atoms with Crippen LogP contribution in [0.4, 0.5) is 0 Å². The fourth-order valence-corrected chi connectivity index (χ4v) is 1.77. The SMILES string of the molecule is COc1cc(/C=C/C(COc2ccccc2)=NO)ccc1O. The van der Waals surface area contributed by atoms with E-state index in [0.29, 0.717) is 17.2 Å². The molecule has 2 N–H and O–H groups in total. The molecule has 2 rings (SSSR count). The molecule has 0 aliphatic heterocycles. The number of oxime groups is 1. The molecule has 22 heavy (non-hydrogen) atoms. The van der Waals surface area contributed by atoms with Crippen LogP contribution in [0.5, 0.6) is 17.2 Å². The lowest BCUT2D eigenvalue weighted by Gasteiger charge is -2.05. The van der Waals surface area contributed by atoms with E-state index in [1.54, 1.807) is 24.3 Å². The zero-order chi connectivity index (χ0) is 15.8. The molecule has 0 saturated carbocycles. The minimum atomic E-state index is 0.0723. The van der Waals surface area contributed by atoms with Gasteiger partial charge in [0.25, 0.3) is 0 Å². The molecule has 0 aliphatic carbocycles. The monoisotopic (exact) mass is 299 g/mol. The van der Waals surface area contributed by atoms with Gasteiger partial charge in [0, 0.05) is 0 Å². The van der Waals surface area contributed by atoms with E-state index in [-0.39, 0.29) is 12.4 Å². The third-order valence-electron chi connectivity index (χ3n) is 2.93. The highest BCUT2D eigenvalue weighted by atomic mass is 16.5. The first-order valence-electron chi connectivity index (χ1n) is 6.67. The van der Waals surface area contributed by atoms with Crippen LogP contribution >= 0.6 is 0 Å². The van der Waals surface area contributed by atoms with Crippen molar-refractivity contribution in [3.05, 3.63) is 60.2 Å². The van der Waals surface area contributed by atoms with E-state index in [1.807, 2.05) is 30.3 Å². The van der Waals surface area contributed by atoms with E-state index >= 15 is 0 Å². The van der Waals surface area contributed by atoms with Crippen LogP contribution in [0.15, 0.2) is 59.8 Å². The molecule has 2 aromatic rings. The summed E-state index contributed by atoms with van der Waals surface area (Å²) in [4.78, 5) is 0. The molecule has 0 unspecified atom stereocenters. The van der Waals surface area contributed by atoms with Crippen molar-refractivity contribution in [1.82, 2.24) is 0 Å². The molecule has 5 nitrogen and oxygen atoms in total. The minimum absolute atomic E-state index is 0.0723. The lowest BCUT2D eigenvalue weighted by atomic mass is 10.1. The summed E-state index contributed by atoms with van der Waals surface area (Å²) in [5.41, 5.74) is 1.17. The normalized spacial score (nSPS) is 11.6. The number of methoxy groups -OCH3 is 1. The number of rotatable bonds is 6. The topological polar surface area (TPSA) is 71.3 Å². The van der Waals surface area contributed by atoms with E-state index in [2.05, 4.69) is 5.16 Å². The number of aromatic hydroxyl groups is 1. The van der Waals surface area contributed by atoms with Gasteiger partial charge < -0.3 is 19.8 Å². The van der Waals surface area contributed by atoms with Gasteiger partial charge in [-0.3, -0.25) is 0 Å². The van der Waals surface area contributed by atoms with E-state index < -0.39 is 0 Å². The van der Waals surface area contributed by atoms with Crippen molar-refractivity contribution in [1.29, 1.82) is 0 Å². The second kappa shape index (κ2) is 7.73. The quantitative estimate of drug-likeness (QED) is 0.487. The zero-order valence-electron chi connectivity index (χ0n) is 12.1. The average Bonchev–Trinajstić information content (AvgIpc) is 2.57. The molecule has 0 spiro atoms. The molecule has 0 heterocycles. The molecular weight excluding hydrogens is 282 g/mol. The van der Waals surface area contributed by atoms with Gasteiger partial charge in [-0.25, -0.2) is 0 Å². The van der Waals surface area contributed by atoms with Crippen molar-refractivity contribution in [2.75, 3.05) is 13.7 Å². The average molecular weight is 299 g/mol. The van der Waals surface area contributed by atoms with Gasteiger partial charge in [-0.2, -0.15) is 0 Å². The van der Waals surface area contributed by atoms with E-state index in [1.165, 1.54) is 13.2 Å². The Morgan fingerprint density at radius 1 is 1.18 bits per heavy atom. The first kappa shape index (κ1) is 15.4. The van der Waals surface area contributed by atoms with Crippen LogP contribution in [0.1, 0.15) is 5.56 Å².